The lowest BCUT2D eigenvalue weighted by Gasteiger charge is -2.11. The van der Waals surface area contributed by atoms with Gasteiger partial charge >= 0.3 is 5.97 Å². The van der Waals surface area contributed by atoms with E-state index >= 15 is 0 Å². The van der Waals surface area contributed by atoms with Crippen LogP contribution < -0.4 is 5.43 Å². The first-order valence-electron chi connectivity index (χ1n) is 7.59. The Labute approximate surface area is 152 Å². The predicted octanol–water partition coefficient (Wildman–Crippen LogP) is 3.09. The van der Waals surface area contributed by atoms with E-state index in [2.05, 4.69) is 10.1 Å². The summed E-state index contributed by atoms with van der Waals surface area (Å²) in [4.78, 5) is 28.2. The Morgan fingerprint density at radius 2 is 2.04 bits per heavy atom. The molecular formula is C18H13ClFN3O3. The molecular weight excluding hydrogens is 361 g/mol. The lowest BCUT2D eigenvalue weighted by atomic mass is 10.2. The lowest BCUT2D eigenvalue weighted by molar-refractivity contribution is 0.0461. The first kappa shape index (κ1) is 17.8. The topological polar surface area (TPSA) is 74.1 Å². The highest BCUT2D eigenvalue weighted by Gasteiger charge is 2.18. The second kappa shape index (κ2) is 7.45. The fourth-order valence-corrected chi connectivity index (χ4v) is 2.38. The maximum atomic E-state index is 14.0. The number of nitrogens with zero attached hydrogens (tertiary/aromatic N) is 3. The minimum atomic E-state index is -0.907. The van der Waals surface area contributed by atoms with Crippen molar-refractivity contribution >= 4 is 17.6 Å². The molecule has 0 radical (unpaired) electrons. The van der Waals surface area contributed by atoms with Crippen LogP contribution in [0.25, 0.3) is 5.69 Å². The molecule has 8 heteroatoms. The summed E-state index contributed by atoms with van der Waals surface area (Å²) in [6.07, 6.45) is 1.45. The Kier molecular flexibility index (Phi) is 5.09. The van der Waals surface area contributed by atoms with Crippen LogP contribution in [0, 0.1) is 12.7 Å². The molecule has 0 bridgehead atoms. The molecule has 2 heterocycles. The van der Waals surface area contributed by atoms with E-state index in [0.717, 1.165) is 0 Å². The van der Waals surface area contributed by atoms with Crippen molar-refractivity contribution in [3.05, 3.63) is 86.8 Å². The number of aryl methyl sites for hydroxylation is 1. The third-order valence-corrected chi connectivity index (χ3v) is 3.76. The van der Waals surface area contributed by atoms with E-state index in [9.17, 15) is 14.0 Å². The molecule has 0 N–H and O–H groups in total. The third kappa shape index (κ3) is 3.78. The maximum absolute atomic E-state index is 14.0. The zero-order valence-electron chi connectivity index (χ0n) is 13.6. The molecule has 26 heavy (non-hydrogen) atoms. The Morgan fingerprint density at radius 3 is 2.73 bits per heavy atom. The SMILES string of the molecule is Cc1cc(=O)c(C(=O)OCc2ccc(Cl)nc2)nn1-c1ccccc1F. The van der Waals surface area contributed by atoms with Crippen molar-refractivity contribution in [2.75, 3.05) is 0 Å². The Morgan fingerprint density at radius 1 is 1.27 bits per heavy atom. The van der Waals surface area contributed by atoms with E-state index < -0.39 is 22.9 Å². The number of halogens is 2. The van der Waals surface area contributed by atoms with E-state index in [1.807, 2.05) is 0 Å². The second-order valence-corrected chi connectivity index (χ2v) is 5.81. The van der Waals surface area contributed by atoms with Crippen LogP contribution in [0.1, 0.15) is 21.7 Å². The fraction of sp³-hybridized carbons (Fsp3) is 0.111. The Bertz CT molecular complexity index is 1020. The molecule has 2 aromatic heterocycles. The summed E-state index contributed by atoms with van der Waals surface area (Å²) in [5.41, 5.74) is 0.0823. The van der Waals surface area contributed by atoms with Crippen LogP contribution in [0.2, 0.25) is 5.15 Å². The Hall–Kier alpha value is -3.06. The van der Waals surface area contributed by atoms with E-state index in [0.29, 0.717) is 16.4 Å². The van der Waals surface area contributed by atoms with Gasteiger partial charge in [0.25, 0.3) is 0 Å². The predicted molar refractivity (Wildman–Crippen MR) is 92.9 cm³/mol. The molecule has 0 aliphatic carbocycles. The van der Waals surface area contributed by atoms with E-state index in [-0.39, 0.29) is 12.3 Å². The highest BCUT2D eigenvalue weighted by atomic mass is 35.5. The molecule has 0 aliphatic rings. The minimum Gasteiger partial charge on any atom is -0.456 e. The number of hydrogen-bond donors (Lipinski definition) is 0. The average Bonchev–Trinajstić information content (AvgIpc) is 2.62. The van der Waals surface area contributed by atoms with Gasteiger partial charge in [-0.1, -0.05) is 29.8 Å². The smallest absolute Gasteiger partial charge is 0.363 e. The maximum Gasteiger partial charge on any atom is 0.363 e. The number of rotatable bonds is 4. The summed E-state index contributed by atoms with van der Waals surface area (Å²) >= 11 is 5.69. The highest BCUT2D eigenvalue weighted by molar-refractivity contribution is 6.29. The molecule has 3 rings (SSSR count). The van der Waals surface area contributed by atoms with Crippen molar-refractivity contribution in [3.8, 4) is 5.69 Å². The second-order valence-electron chi connectivity index (χ2n) is 5.43. The average molecular weight is 374 g/mol. The van der Waals surface area contributed by atoms with Crippen molar-refractivity contribution < 1.29 is 13.9 Å². The van der Waals surface area contributed by atoms with Crippen molar-refractivity contribution in [3.63, 3.8) is 0 Å². The van der Waals surface area contributed by atoms with Crippen molar-refractivity contribution in [2.24, 2.45) is 0 Å². The van der Waals surface area contributed by atoms with Gasteiger partial charge in [-0.3, -0.25) is 4.79 Å². The molecule has 6 nitrogen and oxygen atoms in total. The van der Waals surface area contributed by atoms with Crippen LogP contribution in [-0.4, -0.2) is 20.7 Å². The zero-order valence-corrected chi connectivity index (χ0v) is 14.4. The van der Waals surface area contributed by atoms with E-state index in [4.69, 9.17) is 16.3 Å². The van der Waals surface area contributed by atoms with Crippen molar-refractivity contribution in [1.82, 2.24) is 14.8 Å². The number of pyridine rings is 1. The molecule has 0 saturated carbocycles. The van der Waals surface area contributed by atoms with Gasteiger partial charge < -0.3 is 4.74 Å². The van der Waals surface area contributed by atoms with Crippen molar-refractivity contribution in [1.29, 1.82) is 0 Å². The highest BCUT2D eigenvalue weighted by Crippen LogP contribution is 2.13. The monoisotopic (exact) mass is 373 g/mol. The summed E-state index contributed by atoms with van der Waals surface area (Å²) in [6, 6.07) is 10.3. The molecule has 0 fully saturated rings. The molecule has 3 aromatic rings. The number of para-hydroxylation sites is 1. The van der Waals surface area contributed by atoms with Gasteiger partial charge in [-0.25, -0.2) is 18.9 Å². The van der Waals surface area contributed by atoms with Crippen molar-refractivity contribution in [2.45, 2.75) is 13.5 Å². The summed E-state index contributed by atoms with van der Waals surface area (Å²) in [6.45, 7) is 1.49. The molecule has 0 amide bonds. The largest absolute Gasteiger partial charge is 0.456 e. The van der Waals surface area contributed by atoms with E-state index in [1.54, 1.807) is 25.1 Å². The van der Waals surface area contributed by atoms with Gasteiger partial charge in [0, 0.05) is 23.5 Å². The van der Waals surface area contributed by atoms with Gasteiger partial charge in [-0.15, -0.1) is 0 Å². The third-order valence-electron chi connectivity index (χ3n) is 3.54. The number of aromatic nitrogens is 3. The molecule has 1 aromatic carbocycles. The quantitative estimate of drug-likeness (QED) is 0.519. The number of esters is 1. The summed E-state index contributed by atoms with van der Waals surface area (Å²) in [5.74, 6) is -1.44. The van der Waals surface area contributed by atoms with Gasteiger partial charge in [0.2, 0.25) is 11.1 Å². The number of hydrogen-bond acceptors (Lipinski definition) is 5. The normalized spacial score (nSPS) is 10.6. The molecule has 0 unspecified atom stereocenters. The summed E-state index contributed by atoms with van der Waals surface area (Å²) in [5, 5.41) is 4.30. The summed E-state index contributed by atoms with van der Waals surface area (Å²) < 4.78 is 20.3. The van der Waals surface area contributed by atoms with Crippen LogP contribution in [-0.2, 0) is 11.3 Å². The molecule has 0 saturated heterocycles. The number of benzene rings is 1. The number of carbonyl (C=O) groups is 1. The minimum absolute atomic E-state index is 0.0995. The standard InChI is InChI=1S/C18H13ClFN3O3/c1-11-8-15(24)17(22-23(11)14-5-3-2-4-13(14)20)18(25)26-10-12-6-7-16(19)21-9-12/h2-9H,10H2,1H3. The molecule has 132 valence electrons. The van der Waals surface area contributed by atoms with Gasteiger partial charge in [-0.2, -0.15) is 5.10 Å². The van der Waals surface area contributed by atoms with Crippen LogP contribution in [0.4, 0.5) is 4.39 Å². The lowest BCUT2D eigenvalue weighted by Crippen LogP contribution is -2.24. The van der Waals surface area contributed by atoms with Gasteiger partial charge in [0.15, 0.2) is 0 Å². The van der Waals surface area contributed by atoms with Crippen LogP contribution in [0.15, 0.2) is 53.5 Å². The zero-order chi connectivity index (χ0) is 18.7. The first-order valence-corrected chi connectivity index (χ1v) is 7.97. The number of carbonyl (C=O) groups excluding carboxylic acids is 1. The molecule has 0 spiro atoms. The number of ether oxygens (including phenoxy) is 1. The van der Waals surface area contributed by atoms with Gasteiger partial charge in [-0.05, 0) is 25.1 Å². The van der Waals surface area contributed by atoms with Gasteiger partial charge in [0.05, 0.1) is 0 Å². The van der Waals surface area contributed by atoms with Gasteiger partial charge in [0.1, 0.15) is 23.3 Å². The van der Waals surface area contributed by atoms with Crippen LogP contribution >= 0.6 is 11.6 Å². The Balaban J connectivity index is 1.88. The first-order chi connectivity index (χ1) is 12.5. The van der Waals surface area contributed by atoms with Crippen LogP contribution in [0.5, 0.6) is 0 Å². The van der Waals surface area contributed by atoms with Crippen LogP contribution in [0.3, 0.4) is 0 Å². The fourth-order valence-electron chi connectivity index (χ4n) is 2.27. The summed E-state index contributed by atoms with van der Waals surface area (Å²) in [7, 11) is 0. The van der Waals surface area contributed by atoms with E-state index in [1.165, 1.54) is 35.1 Å². The molecule has 0 atom stereocenters. The molecule has 0 aliphatic heterocycles.